The van der Waals surface area contributed by atoms with Gasteiger partial charge >= 0.3 is 0 Å². The van der Waals surface area contributed by atoms with E-state index in [1.807, 2.05) is 61.5 Å². The summed E-state index contributed by atoms with van der Waals surface area (Å²) in [6.45, 7) is 2.00. The summed E-state index contributed by atoms with van der Waals surface area (Å²) in [5.74, 6) is 0.892. The van der Waals surface area contributed by atoms with Crippen molar-refractivity contribution in [1.82, 2.24) is 9.55 Å². The fraction of sp³-hybridized carbons (Fsp3) is 0.0250. The fourth-order valence-electron chi connectivity index (χ4n) is 7.41. The third-order valence-electron chi connectivity index (χ3n) is 10.1. The van der Waals surface area contributed by atoms with Crippen LogP contribution in [0.5, 0.6) is 0 Å². The molecule has 0 saturated heterocycles. The molecular formula is C40H18B10N2. The second-order valence-corrected chi connectivity index (χ2v) is 13.0. The summed E-state index contributed by atoms with van der Waals surface area (Å²) in [5.41, 5.74) is 8.85. The molecule has 0 aliphatic carbocycles. The third kappa shape index (κ3) is 5.05. The van der Waals surface area contributed by atoms with Crippen LogP contribution >= 0.6 is 0 Å². The summed E-state index contributed by atoms with van der Waals surface area (Å²) in [6.07, 6.45) is 0. The smallest absolute Gasteiger partial charge is 0.113 e. The van der Waals surface area contributed by atoms with Gasteiger partial charge in [0.05, 0.1) is 11.0 Å². The summed E-state index contributed by atoms with van der Waals surface area (Å²) in [7, 11) is 65.1. The fourth-order valence-corrected chi connectivity index (χ4v) is 7.41. The van der Waals surface area contributed by atoms with Crippen molar-refractivity contribution in [2.75, 3.05) is 0 Å². The first-order chi connectivity index (χ1) is 24.9. The zero-order valence-electron chi connectivity index (χ0n) is 28.3. The maximum absolute atomic E-state index is 6.75. The van der Waals surface area contributed by atoms with Crippen molar-refractivity contribution < 1.29 is 0 Å². The lowest BCUT2D eigenvalue weighted by molar-refractivity contribution is 1.00. The van der Waals surface area contributed by atoms with E-state index in [1.165, 1.54) is 0 Å². The molecule has 7 aromatic carbocycles. The molecule has 0 spiro atoms. The molecule has 0 aliphatic rings. The van der Waals surface area contributed by atoms with Crippen LogP contribution in [-0.4, -0.2) is 88.0 Å². The van der Waals surface area contributed by atoms with Gasteiger partial charge in [0.15, 0.2) is 0 Å². The SMILES string of the molecule is [B]c1c([B])c([B])c(-c2c3ccccc3c(-c3c([B])c([B])c([B])c([B])c3[B])c3cc(-c4ccc(-n5c(C)nc6ccccc65)cc4)ccc23)c([B])c1[B]. The number of benzene rings is 7. The maximum atomic E-state index is 6.75. The van der Waals surface area contributed by atoms with Crippen LogP contribution < -0.4 is 54.6 Å². The molecule has 2 nitrogen and oxygen atoms in total. The first kappa shape index (κ1) is 34.3. The van der Waals surface area contributed by atoms with Crippen LogP contribution in [0.15, 0.2) is 91.0 Å². The van der Waals surface area contributed by atoms with E-state index in [4.69, 9.17) is 83.4 Å². The first-order valence-corrected chi connectivity index (χ1v) is 16.5. The van der Waals surface area contributed by atoms with Crippen LogP contribution in [0.3, 0.4) is 0 Å². The highest BCUT2D eigenvalue weighted by Gasteiger charge is 2.23. The maximum Gasteiger partial charge on any atom is 0.113 e. The summed E-state index contributed by atoms with van der Waals surface area (Å²) in [6, 6.07) is 30.2. The normalized spacial score (nSPS) is 11.6. The van der Waals surface area contributed by atoms with Gasteiger partial charge in [-0.15, -0.1) is 32.8 Å². The van der Waals surface area contributed by atoms with Gasteiger partial charge in [-0.2, -0.15) is 0 Å². The minimum atomic E-state index is 0.124. The molecule has 52 heavy (non-hydrogen) atoms. The zero-order chi connectivity index (χ0) is 36.7. The molecule has 0 amide bonds. The van der Waals surface area contributed by atoms with Crippen LogP contribution in [-0.2, 0) is 0 Å². The molecule has 1 aromatic heterocycles. The van der Waals surface area contributed by atoms with Gasteiger partial charge in [-0.1, -0.05) is 82.5 Å². The van der Waals surface area contributed by atoms with Gasteiger partial charge in [0.1, 0.15) is 84.3 Å². The van der Waals surface area contributed by atoms with Crippen LogP contribution in [0, 0.1) is 6.92 Å². The van der Waals surface area contributed by atoms with Crippen LogP contribution in [0.1, 0.15) is 5.82 Å². The van der Waals surface area contributed by atoms with Crippen LogP contribution in [0.25, 0.3) is 71.6 Å². The molecule has 0 saturated carbocycles. The lowest BCUT2D eigenvalue weighted by Crippen LogP contribution is -2.55. The number of aromatic nitrogens is 2. The van der Waals surface area contributed by atoms with Crippen molar-refractivity contribution in [1.29, 1.82) is 0 Å². The molecular weight excluding hydrogens is 617 g/mol. The topological polar surface area (TPSA) is 17.8 Å². The number of fused-ring (bicyclic) bond motifs is 3. The van der Waals surface area contributed by atoms with Gasteiger partial charge in [0.25, 0.3) is 0 Å². The molecule has 1 heterocycles. The Bertz CT molecular complexity index is 2750. The average Bonchev–Trinajstić information content (AvgIpc) is 3.50. The van der Waals surface area contributed by atoms with Crippen molar-refractivity contribution >= 4 is 166 Å². The minimum absolute atomic E-state index is 0.124. The summed E-state index contributed by atoms with van der Waals surface area (Å²) in [4.78, 5) is 4.74. The molecule has 0 N–H and O–H groups in total. The summed E-state index contributed by atoms with van der Waals surface area (Å²) in [5, 5.41) is 3.08. The van der Waals surface area contributed by atoms with Crippen molar-refractivity contribution in [2.24, 2.45) is 0 Å². The summed E-state index contributed by atoms with van der Waals surface area (Å²) < 4.78 is 2.14. The van der Waals surface area contributed by atoms with Crippen LogP contribution in [0.2, 0.25) is 0 Å². The molecule has 0 unspecified atom stereocenters. The van der Waals surface area contributed by atoms with Gasteiger partial charge in [0.2, 0.25) is 0 Å². The number of imidazole rings is 1. The number of hydrogen-bond acceptors (Lipinski definition) is 1. The zero-order valence-corrected chi connectivity index (χ0v) is 28.3. The minimum Gasteiger partial charge on any atom is -0.297 e. The Kier molecular flexibility index (Phi) is 8.37. The number of hydrogen-bond donors (Lipinski definition) is 0. The predicted molar refractivity (Wildman–Crippen MR) is 231 cm³/mol. The largest absolute Gasteiger partial charge is 0.297 e. The van der Waals surface area contributed by atoms with Gasteiger partial charge in [-0.3, -0.25) is 4.57 Å². The van der Waals surface area contributed by atoms with Crippen molar-refractivity contribution in [3.05, 3.63) is 96.8 Å². The molecule has 0 atom stereocenters. The second-order valence-electron chi connectivity index (χ2n) is 13.0. The van der Waals surface area contributed by atoms with Gasteiger partial charge in [-0.25, -0.2) is 4.98 Å². The average molecular weight is 635 g/mol. The number of rotatable bonds is 4. The predicted octanol–water partition coefficient (Wildman–Crippen LogP) is -1.42. The molecule has 0 fully saturated rings. The number of para-hydroxylation sites is 2. The Labute approximate surface area is 316 Å². The van der Waals surface area contributed by atoms with E-state index in [0.717, 1.165) is 55.2 Å². The molecule has 8 rings (SSSR count). The Morgan fingerprint density at radius 1 is 0.404 bits per heavy atom. The number of aryl methyl sites for hydroxylation is 1. The highest BCUT2D eigenvalue weighted by atomic mass is 15.1. The van der Waals surface area contributed by atoms with Gasteiger partial charge < -0.3 is 0 Å². The van der Waals surface area contributed by atoms with Gasteiger partial charge in [-0.05, 0) is 92.2 Å². The number of nitrogens with zero attached hydrogens (tertiary/aromatic N) is 2. The quantitative estimate of drug-likeness (QED) is 0.172. The van der Waals surface area contributed by atoms with E-state index >= 15 is 0 Å². The Balaban J connectivity index is 1.46. The molecule has 0 bridgehead atoms. The highest BCUT2D eigenvalue weighted by Crippen LogP contribution is 2.43. The molecule has 218 valence electrons. The monoisotopic (exact) mass is 636 g/mol. The highest BCUT2D eigenvalue weighted by molar-refractivity contribution is 6.70. The van der Waals surface area contributed by atoms with Crippen molar-refractivity contribution in [3.8, 4) is 39.1 Å². The first-order valence-electron chi connectivity index (χ1n) is 16.5. The van der Waals surface area contributed by atoms with Crippen molar-refractivity contribution in [3.63, 3.8) is 0 Å². The van der Waals surface area contributed by atoms with E-state index in [1.54, 1.807) is 0 Å². The van der Waals surface area contributed by atoms with Crippen molar-refractivity contribution in [2.45, 2.75) is 6.92 Å². The second kappa shape index (κ2) is 12.7. The molecule has 8 aromatic rings. The Morgan fingerprint density at radius 2 is 0.827 bits per heavy atom. The van der Waals surface area contributed by atoms with Crippen LogP contribution in [0.4, 0.5) is 0 Å². The standard InChI is InChI=1S/C40H18B10N2/c1-17-51-25-8-4-5-9-26(25)52(17)20-13-10-18(11-14-20)19-12-15-23-24(16-19)28(30-33(43)37(47)40(50)38(48)34(30)44)22-7-3-2-6-21(22)27(23)29-31(41)35(45)39(49)36(46)32(29)42/h2-16H,1H3. The van der Waals surface area contributed by atoms with E-state index < -0.39 is 0 Å². The lowest BCUT2D eigenvalue weighted by Gasteiger charge is -2.27. The molecule has 0 aliphatic heterocycles. The lowest BCUT2D eigenvalue weighted by atomic mass is 9.58. The van der Waals surface area contributed by atoms with E-state index in [0.29, 0.717) is 22.3 Å². The third-order valence-corrected chi connectivity index (χ3v) is 10.1. The van der Waals surface area contributed by atoms with Gasteiger partial charge in [0, 0.05) is 5.69 Å². The molecule has 12 heteroatoms. The van der Waals surface area contributed by atoms with E-state index in [2.05, 4.69) is 41.0 Å². The Morgan fingerprint density at radius 3 is 1.37 bits per heavy atom. The van der Waals surface area contributed by atoms with E-state index in [-0.39, 0.29) is 54.6 Å². The molecule has 20 radical (unpaired) electrons. The summed E-state index contributed by atoms with van der Waals surface area (Å²) >= 11 is 0. The van der Waals surface area contributed by atoms with E-state index in [9.17, 15) is 0 Å². The Hall–Kier alpha value is -4.82.